The van der Waals surface area contributed by atoms with E-state index in [4.69, 9.17) is 16.3 Å². The zero-order chi connectivity index (χ0) is 16.4. The summed E-state index contributed by atoms with van der Waals surface area (Å²) in [6.07, 6.45) is -0.126. The maximum absolute atomic E-state index is 12.6. The second-order valence-electron chi connectivity index (χ2n) is 5.32. The molecule has 0 bridgehead atoms. The molecule has 0 saturated heterocycles. The second-order valence-corrected chi connectivity index (χ2v) is 5.76. The minimum Gasteiger partial charge on any atom is -0.497 e. The summed E-state index contributed by atoms with van der Waals surface area (Å²) in [6.45, 7) is 0.437. The molecule has 1 atom stereocenters. The summed E-state index contributed by atoms with van der Waals surface area (Å²) in [7, 11) is 1.57. The van der Waals surface area contributed by atoms with Gasteiger partial charge in [-0.25, -0.2) is 4.79 Å². The summed E-state index contributed by atoms with van der Waals surface area (Å²) in [5.74, 6) is 0.653. The van der Waals surface area contributed by atoms with Gasteiger partial charge in [-0.05, 0) is 42.8 Å². The highest BCUT2D eigenvalue weighted by molar-refractivity contribution is 6.30. The van der Waals surface area contributed by atoms with Crippen molar-refractivity contribution in [2.75, 3.05) is 23.9 Å². The molecule has 2 aromatic carbocycles. The van der Waals surface area contributed by atoms with Gasteiger partial charge in [-0.1, -0.05) is 17.7 Å². The Labute approximate surface area is 139 Å². The fourth-order valence-electron chi connectivity index (χ4n) is 2.67. The Balaban J connectivity index is 1.86. The minimum absolute atomic E-state index is 0.259. The summed E-state index contributed by atoms with van der Waals surface area (Å²) in [5, 5.41) is 13.6. The number of nitrogens with zero attached hydrogens (tertiary/aromatic N) is 1. The highest BCUT2D eigenvalue weighted by Gasteiger charge is 2.28. The molecule has 0 radical (unpaired) electrons. The van der Waals surface area contributed by atoms with Crippen molar-refractivity contribution in [2.45, 2.75) is 12.5 Å². The normalized spacial score (nSPS) is 16.7. The molecular formula is C17H17ClN2O3. The van der Waals surface area contributed by atoms with Crippen LogP contribution in [0.25, 0.3) is 0 Å². The first-order chi connectivity index (χ1) is 11.1. The Hall–Kier alpha value is -2.24. The zero-order valence-corrected chi connectivity index (χ0v) is 13.4. The van der Waals surface area contributed by atoms with Crippen molar-refractivity contribution in [1.29, 1.82) is 0 Å². The molecule has 1 aliphatic rings. The van der Waals surface area contributed by atoms with E-state index in [0.29, 0.717) is 40.7 Å². The van der Waals surface area contributed by atoms with Crippen LogP contribution in [0.1, 0.15) is 18.1 Å². The van der Waals surface area contributed by atoms with E-state index in [-0.39, 0.29) is 6.03 Å². The van der Waals surface area contributed by atoms with Crippen LogP contribution in [0.4, 0.5) is 16.2 Å². The quantitative estimate of drug-likeness (QED) is 0.878. The van der Waals surface area contributed by atoms with Gasteiger partial charge in [0.15, 0.2) is 0 Å². The maximum atomic E-state index is 12.6. The first-order valence-electron chi connectivity index (χ1n) is 7.28. The smallest absolute Gasteiger partial charge is 0.326 e. The molecule has 6 heteroatoms. The highest BCUT2D eigenvalue weighted by Crippen LogP contribution is 2.36. The van der Waals surface area contributed by atoms with Crippen LogP contribution >= 0.6 is 11.6 Å². The fraction of sp³-hybridized carbons (Fsp3) is 0.235. The topological polar surface area (TPSA) is 61.8 Å². The molecule has 0 aromatic heterocycles. The molecule has 3 rings (SSSR count). The van der Waals surface area contributed by atoms with Gasteiger partial charge in [0.05, 0.1) is 18.9 Å². The lowest BCUT2D eigenvalue weighted by molar-refractivity contribution is 0.164. The molecule has 1 unspecified atom stereocenters. The molecule has 0 aliphatic carbocycles. The predicted octanol–water partition coefficient (Wildman–Crippen LogP) is 3.82. The third kappa shape index (κ3) is 3.25. The van der Waals surface area contributed by atoms with Gasteiger partial charge in [-0.15, -0.1) is 0 Å². The number of hydrogen-bond acceptors (Lipinski definition) is 3. The van der Waals surface area contributed by atoms with Crippen molar-refractivity contribution in [3.8, 4) is 5.75 Å². The molecule has 2 aromatic rings. The zero-order valence-electron chi connectivity index (χ0n) is 12.6. The van der Waals surface area contributed by atoms with Crippen LogP contribution in [0.15, 0.2) is 42.5 Å². The fourth-order valence-corrected chi connectivity index (χ4v) is 2.86. The number of aliphatic hydroxyl groups excluding tert-OH is 1. The highest BCUT2D eigenvalue weighted by atomic mass is 35.5. The molecule has 23 heavy (non-hydrogen) atoms. The van der Waals surface area contributed by atoms with Crippen LogP contribution in [-0.4, -0.2) is 24.8 Å². The average Bonchev–Trinajstić information content (AvgIpc) is 2.55. The molecule has 2 amide bonds. The van der Waals surface area contributed by atoms with E-state index in [9.17, 15) is 9.90 Å². The summed E-state index contributed by atoms with van der Waals surface area (Å²) in [5.41, 5.74) is 2.00. The standard InChI is InChI=1S/C17H17ClN2O3/c1-23-13-5-6-15-14(10-13)16(21)7-8-20(15)17(22)19-12-4-2-3-11(18)9-12/h2-6,9-10,16,21H,7-8H2,1H3,(H,19,22). The predicted molar refractivity (Wildman–Crippen MR) is 90.4 cm³/mol. The largest absolute Gasteiger partial charge is 0.497 e. The van der Waals surface area contributed by atoms with Crippen LogP contribution in [-0.2, 0) is 0 Å². The number of fused-ring (bicyclic) bond motifs is 1. The Morgan fingerprint density at radius 1 is 1.35 bits per heavy atom. The number of carbonyl (C=O) groups excluding carboxylic acids is 1. The van der Waals surface area contributed by atoms with Crippen molar-refractivity contribution in [2.24, 2.45) is 0 Å². The van der Waals surface area contributed by atoms with Gasteiger partial charge in [0, 0.05) is 22.8 Å². The number of aliphatic hydroxyl groups is 1. The lowest BCUT2D eigenvalue weighted by Gasteiger charge is -2.32. The second kappa shape index (κ2) is 6.48. The molecule has 0 saturated carbocycles. The van der Waals surface area contributed by atoms with Crippen LogP contribution < -0.4 is 15.0 Å². The number of methoxy groups -OCH3 is 1. The lowest BCUT2D eigenvalue weighted by atomic mass is 9.99. The van der Waals surface area contributed by atoms with E-state index in [1.165, 1.54) is 0 Å². The van der Waals surface area contributed by atoms with Gasteiger partial charge >= 0.3 is 6.03 Å². The summed E-state index contributed by atoms with van der Waals surface area (Å²) in [6, 6.07) is 12.0. The van der Waals surface area contributed by atoms with Crippen molar-refractivity contribution >= 4 is 29.0 Å². The number of ether oxygens (including phenoxy) is 1. The number of anilines is 2. The number of rotatable bonds is 2. The molecular weight excluding hydrogens is 316 g/mol. The number of urea groups is 1. The number of hydrogen-bond donors (Lipinski definition) is 2. The van der Waals surface area contributed by atoms with Crippen LogP contribution in [0.5, 0.6) is 5.75 Å². The summed E-state index contributed by atoms with van der Waals surface area (Å²) >= 11 is 5.94. The van der Waals surface area contributed by atoms with Gasteiger partial charge in [0.2, 0.25) is 0 Å². The number of halogens is 1. The first kappa shape index (κ1) is 15.6. The Morgan fingerprint density at radius 3 is 2.91 bits per heavy atom. The van der Waals surface area contributed by atoms with Gasteiger partial charge in [-0.3, -0.25) is 4.90 Å². The van der Waals surface area contributed by atoms with Crippen molar-refractivity contribution in [3.63, 3.8) is 0 Å². The van der Waals surface area contributed by atoms with Gasteiger partial charge in [0.1, 0.15) is 5.75 Å². The molecule has 2 N–H and O–H groups in total. The first-order valence-corrected chi connectivity index (χ1v) is 7.66. The van der Waals surface area contributed by atoms with Crippen LogP contribution in [0, 0.1) is 0 Å². The van der Waals surface area contributed by atoms with Gasteiger partial charge in [0.25, 0.3) is 0 Å². The van der Waals surface area contributed by atoms with E-state index in [2.05, 4.69) is 5.32 Å². The Bertz CT molecular complexity index is 736. The SMILES string of the molecule is COc1ccc2c(c1)C(O)CCN2C(=O)Nc1cccc(Cl)c1. The summed E-state index contributed by atoms with van der Waals surface area (Å²) in [4.78, 5) is 14.2. The van der Waals surface area contributed by atoms with Crippen molar-refractivity contribution in [3.05, 3.63) is 53.1 Å². The number of nitrogens with one attached hydrogen (secondary N) is 1. The van der Waals surface area contributed by atoms with Crippen LogP contribution in [0.3, 0.4) is 0 Å². The number of amides is 2. The minimum atomic E-state index is -0.602. The van der Waals surface area contributed by atoms with Gasteiger partial charge < -0.3 is 15.2 Å². The van der Waals surface area contributed by atoms with Crippen molar-refractivity contribution in [1.82, 2.24) is 0 Å². The van der Waals surface area contributed by atoms with Crippen molar-refractivity contribution < 1.29 is 14.6 Å². The molecule has 0 spiro atoms. The number of benzene rings is 2. The van der Waals surface area contributed by atoms with Crippen LogP contribution in [0.2, 0.25) is 5.02 Å². The molecule has 0 fully saturated rings. The monoisotopic (exact) mass is 332 g/mol. The van der Waals surface area contributed by atoms with Gasteiger partial charge in [-0.2, -0.15) is 0 Å². The average molecular weight is 333 g/mol. The third-order valence-electron chi connectivity index (χ3n) is 3.83. The Kier molecular flexibility index (Phi) is 4.41. The Morgan fingerprint density at radius 2 is 2.17 bits per heavy atom. The molecule has 1 aliphatic heterocycles. The van der Waals surface area contributed by atoms with E-state index < -0.39 is 6.10 Å². The van der Waals surface area contributed by atoms with E-state index in [1.54, 1.807) is 54.5 Å². The molecule has 5 nitrogen and oxygen atoms in total. The maximum Gasteiger partial charge on any atom is 0.326 e. The van der Waals surface area contributed by atoms with E-state index in [1.807, 2.05) is 0 Å². The van der Waals surface area contributed by atoms with E-state index >= 15 is 0 Å². The third-order valence-corrected chi connectivity index (χ3v) is 4.07. The van der Waals surface area contributed by atoms with E-state index in [0.717, 1.165) is 0 Å². The number of carbonyl (C=O) groups is 1. The summed E-state index contributed by atoms with van der Waals surface area (Å²) < 4.78 is 5.19. The lowest BCUT2D eigenvalue weighted by Crippen LogP contribution is -2.39. The molecule has 120 valence electrons. The molecule has 1 heterocycles.